The molecule has 21 heavy (non-hydrogen) atoms. The number of carboxylic acids is 1. The number of nitrogens with zero attached hydrogens (tertiary/aromatic N) is 2. The van der Waals surface area contributed by atoms with E-state index in [4.69, 9.17) is 5.11 Å². The number of benzene rings is 1. The summed E-state index contributed by atoms with van der Waals surface area (Å²) in [6.45, 7) is 3.68. The summed E-state index contributed by atoms with van der Waals surface area (Å²) in [7, 11) is 0. The standard InChI is InChI=1S/C15H10N2O2S2/c1-7-3-11-10(6-16)4-9(5-12(11)20-7)14-17-8(2)13(21-14)15(18)19/h3-5H,1-2H3,(H,18,19). The first kappa shape index (κ1) is 13.7. The lowest BCUT2D eigenvalue weighted by molar-refractivity contribution is 0.0701. The summed E-state index contributed by atoms with van der Waals surface area (Å²) in [6, 6.07) is 7.95. The highest BCUT2D eigenvalue weighted by Crippen LogP contribution is 2.35. The van der Waals surface area contributed by atoms with Gasteiger partial charge in [-0.15, -0.1) is 22.7 Å². The summed E-state index contributed by atoms with van der Waals surface area (Å²) in [6.07, 6.45) is 0. The molecule has 4 nitrogen and oxygen atoms in total. The van der Waals surface area contributed by atoms with Gasteiger partial charge in [0.2, 0.25) is 0 Å². The molecule has 0 aliphatic carbocycles. The monoisotopic (exact) mass is 314 g/mol. The number of thiophene rings is 1. The lowest BCUT2D eigenvalue weighted by Gasteiger charge is -1.99. The van der Waals surface area contributed by atoms with Crippen LogP contribution in [0.1, 0.15) is 25.8 Å². The number of thiazole rings is 1. The van der Waals surface area contributed by atoms with Gasteiger partial charge in [-0.2, -0.15) is 5.26 Å². The van der Waals surface area contributed by atoms with Crippen LogP contribution in [-0.2, 0) is 0 Å². The molecule has 0 saturated heterocycles. The fraction of sp³-hybridized carbons (Fsp3) is 0.133. The van der Waals surface area contributed by atoms with Gasteiger partial charge in [0.25, 0.3) is 0 Å². The second-order valence-corrected chi connectivity index (χ2v) is 6.93. The first-order valence-corrected chi connectivity index (χ1v) is 7.78. The molecule has 1 N–H and O–H groups in total. The summed E-state index contributed by atoms with van der Waals surface area (Å²) in [5.74, 6) is -0.968. The summed E-state index contributed by atoms with van der Waals surface area (Å²) in [5.41, 5.74) is 1.89. The number of aromatic nitrogens is 1. The van der Waals surface area contributed by atoms with Crippen LogP contribution in [0.15, 0.2) is 18.2 Å². The number of carbonyl (C=O) groups is 1. The predicted octanol–water partition coefficient (Wildman–Crippen LogP) is 4.21. The molecule has 0 aliphatic heterocycles. The van der Waals surface area contributed by atoms with E-state index in [1.807, 2.05) is 19.1 Å². The molecular formula is C15H10N2O2S2. The first-order valence-electron chi connectivity index (χ1n) is 6.15. The third-order valence-electron chi connectivity index (χ3n) is 3.12. The van der Waals surface area contributed by atoms with Crippen molar-refractivity contribution in [1.82, 2.24) is 4.98 Å². The highest BCUT2D eigenvalue weighted by molar-refractivity contribution is 7.19. The van der Waals surface area contributed by atoms with E-state index in [1.165, 1.54) is 0 Å². The van der Waals surface area contributed by atoms with Gasteiger partial charge in [-0.1, -0.05) is 0 Å². The van der Waals surface area contributed by atoms with E-state index in [1.54, 1.807) is 24.3 Å². The molecule has 3 aromatic rings. The Kier molecular flexibility index (Phi) is 3.24. The largest absolute Gasteiger partial charge is 0.477 e. The van der Waals surface area contributed by atoms with Crippen molar-refractivity contribution >= 4 is 38.7 Å². The Bertz CT molecular complexity index is 916. The minimum absolute atomic E-state index is 0.242. The predicted molar refractivity (Wildman–Crippen MR) is 84.1 cm³/mol. The maximum Gasteiger partial charge on any atom is 0.347 e. The van der Waals surface area contributed by atoms with Gasteiger partial charge in [0, 0.05) is 20.5 Å². The van der Waals surface area contributed by atoms with Gasteiger partial charge in [0.05, 0.1) is 17.3 Å². The van der Waals surface area contributed by atoms with Gasteiger partial charge < -0.3 is 5.11 Å². The van der Waals surface area contributed by atoms with Crippen molar-refractivity contribution in [2.75, 3.05) is 0 Å². The Balaban J connectivity index is 2.23. The molecule has 0 saturated carbocycles. The Hall–Kier alpha value is -2.23. The topological polar surface area (TPSA) is 74.0 Å². The molecule has 1 aromatic carbocycles. The summed E-state index contributed by atoms with van der Waals surface area (Å²) >= 11 is 2.76. The molecule has 0 fully saturated rings. The van der Waals surface area contributed by atoms with Crippen LogP contribution >= 0.6 is 22.7 Å². The zero-order valence-electron chi connectivity index (χ0n) is 11.3. The summed E-state index contributed by atoms with van der Waals surface area (Å²) in [4.78, 5) is 16.8. The molecule has 0 atom stereocenters. The van der Waals surface area contributed by atoms with Crippen molar-refractivity contribution in [1.29, 1.82) is 5.26 Å². The number of aromatic carboxylic acids is 1. The molecule has 104 valence electrons. The van der Waals surface area contributed by atoms with Crippen LogP contribution in [0.3, 0.4) is 0 Å². The van der Waals surface area contributed by atoms with Crippen LogP contribution in [0.25, 0.3) is 20.7 Å². The van der Waals surface area contributed by atoms with Crippen LogP contribution in [0, 0.1) is 25.2 Å². The van der Waals surface area contributed by atoms with Gasteiger partial charge in [-0.3, -0.25) is 0 Å². The van der Waals surface area contributed by atoms with Crippen molar-refractivity contribution in [2.24, 2.45) is 0 Å². The molecule has 0 spiro atoms. The molecule has 0 radical (unpaired) electrons. The van der Waals surface area contributed by atoms with Gasteiger partial charge in [-0.05, 0) is 32.0 Å². The highest BCUT2D eigenvalue weighted by atomic mass is 32.1. The van der Waals surface area contributed by atoms with Crippen LogP contribution in [0.4, 0.5) is 0 Å². The first-order chi connectivity index (χ1) is 9.99. The van der Waals surface area contributed by atoms with Crippen LogP contribution in [0.2, 0.25) is 0 Å². The zero-order valence-corrected chi connectivity index (χ0v) is 12.9. The third kappa shape index (κ3) is 2.31. The summed E-state index contributed by atoms with van der Waals surface area (Å²) < 4.78 is 1.02. The minimum atomic E-state index is -0.968. The van der Waals surface area contributed by atoms with E-state index in [0.29, 0.717) is 16.3 Å². The molecule has 2 heterocycles. The molecule has 2 aromatic heterocycles. The van der Waals surface area contributed by atoms with E-state index >= 15 is 0 Å². The van der Waals surface area contributed by atoms with Crippen LogP contribution in [-0.4, -0.2) is 16.1 Å². The number of hydrogen-bond acceptors (Lipinski definition) is 5. The molecule has 6 heteroatoms. The van der Waals surface area contributed by atoms with Gasteiger partial charge in [0.1, 0.15) is 9.88 Å². The van der Waals surface area contributed by atoms with Crippen molar-refractivity contribution < 1.29 is 9.90 Å². The number of hydrogen-bond donors (Lipinski definition) is 1. The van der Waals surface area contributed by atoms with Crippen molar-refractivity contribution in [3.8, 4) is 16.6 Å². The normalized spacial score (nSPS) is 10.7. The highest BCUT2D eigenvalue weighted by Gasteiger charge is 2.16. The van der Waals surface area contributed by atoms with Crippen molar-refractivity contribution in [2.45, 2.75) is 13.8 Å². The lowest BCUT2D eigenvalue weighted by Crippen LogP contribution is -1.94. The van der Waals surface area contributed by atoms with Gasteiger partial charge in [-0.25, -0.2) is 9.78 Å². The van der Waals surface area contributed by atoms with E-state index in [-0.39, 0.29) is 4.88 Å². The maximum absolute atomic E-state index is 11.1. The Morgan fingerprint density at radius 3 is 2.67 bits per heavy atom. The van der Waals surface area contributed by atoms with Crippen molar-refractivity contribution in [3.63, 3.8) is 0 Å². The second kappa shape index (κ2) is 4.95. The second-order valence-electron chi connectivity index (χ2n) is 4.64. The van der Waals surface area contributed by atoms with Crippen LogP contribution < -0.4 is 0 Å². The van der Waals surface area contributed by atoms with Gasteiger partial charge >= 0.3 is 5.97 Å². The Morgan fingerprint density at radius 2 is 2.05 bits per heavy atom. The van der Waals surface area contributed by atoms with Gasteiger partial charge in [0.15, 0.2) is 0 Å². The number of nitriles is 1. The zero-order chi connectivity index (χ0) is 15.1. The fourth-order valence-corrected chi connectivity index (χ4v) is 4.08. The molecule has 0 unspecified atom stereocenters. The quantitative estimate of drug-likeness (QED) is 0.769. The van der Waals surface area contributed by atoms with E-state index in [0.717, 1.165) is 31.9 Å². The molecule has 0 bridgehead atoms. The SMILES string of the molecule is Cc1cc2c(C#N)cc(-c3nc(C)c(C(=O)O)s3)cc2s1. The van der Waals surface area contributed by atoms with Crippen molar-refractivity contribution in [3.05, 3.63) is 39.2 Å². The Morgan fingerprint density at radius 1 is 1.29 bits per heavy atom. The van der Waals surface area contributed by atoms with E-state index in [2.05, 4.69) is 11.1 Å². The smallest absolute Gasteiger partial charge is 0.347 e. The van der Waals surface area contributed by atoms with E-state index < -0.39 is 5.97 Å². The maximum atomic E-state index is 11.1. The Labute approximate surface area is 128 Å². The number of carboxylic acid groups (broad SMARTS) is 1. The summed E-state index contributed by atoms with van der Waals surface area (Å²) in [5, 5.41) is 20.0. The molecular weight excluding hydrogens is 304 g/mol. The number of rotatable bonds is 2. The fourth-order valence-electron chi connectivity index (χ4n) is 2.20. The molecule has 3 rings (SSSR count). The average molecular weight is 314 g/mol. The minimum Gasteiger partial charge on any atom is -0.477 e. The lowest BCUT2D eigenvalue weighted by atomic mass is 10.1. The van der Waals surface area contributed by atoms with E-state index in [9.17, 15) is 10.1 Å². The van der Waals surface area contributed by atoms with Crippen LogP contribution in [0.5, 0.6) is 0 Å². The third-order valence-corrected chi connectivity index (χ3v) is 5.31. The average Bonchev–Trinajstić information content (AvgIpc) is 2.99. The number of fused-ring (bicyclic) bond motifs is 1. The molecule has 0 aliphatic rings. The molecule has 0 amide bonds. The number of aryl methyl sites for hydroxylation is 2.